The van der Waals surface area contributed by atoms with Crippen molar-refractivity contribution in [2.75, 3.05) is 0 Å². The summed E-state index contributed by atoms with van der Waals surface area (Å²) in [7, 11) is 0. The second-order valence-electron chi connectivity index (χ2n) is 5.54. The molecule has 1 aliphatic carbocycles. The van der Waals surface area contributed by atoms with Gasteiger partial charge >= 0.3 is 5.97 Å². The molecule has 0 unspecified atom stereocenters. The molecule has 0 spiro atoms. The minimum absolute atomic E-state index is 0.0533. The van der Waals surface area contributed by atoms with Crippen LogP contribution in [0.4, 0.5) is 0 Å². The largest absolute Gasteiger partial charge is 0.481 e. The SMILES string of the molecule is CC1(C)[C@H](C(=O)O)[C@H]1c1cn(-c2ccccc2)nn1. The molecule has 1 saturated carbocycles. The zero-order valence-corrected chi connectivity index (χ0v) is 10.8. The summed E-state index contributed by atoms with van der Waals surface area (Å²) in [5.74, 6) is -1.18. The third-order valence-corrected chi connectivity index (χ3v) is 3.94. The summed E-state index contributed by atoms with van der Waals surface area (Å²) < 4.78 is 1.68. The Labute approximate surface area is 110 Å². The number of para-hydroxylation sites is 1. The first-order valence-electron chi connectivity index (χ1n) is 6.22. The lowest BCUT2D eigenvalue weighted by Gasteiger charge is -1.98. The zero-order chi connectivity index (χ0) is 13.6. The molecule has 2 aromatic rings. The fraction of sp³-hybridized carbons (Fsp3) is 0.357. The first kappa shape index (κ1) is 11.9. The third-order valence-electron chi connectivity index (χ3n) is 3.94. The van der Waals surface area contributed by atoms with Gasteiger partial charge in [0.05, 0.1) is 23.5 Å². The molecule has 98 valence electrons. The summed E-state index contributed by atoms with van der Waals surface area (Å²) >= 11 is 0. The fourth-order valence-electron chi connectivity index (χ4n) is 2.78. The quantitative estimate of drug-likeness (QED) is 0.914. The first-order chi connectivity index (χ1) is 9.01. The molecular weight excluding hydrogens is 242 g/mol. The molecule has 0 amide bonds. The molecule has 1 aromatic heterocycles. The van der Waals surface area contributed by atoms with Crippen LogP contribution < -0.4 is 0 Å². The van der Waals surface area contributed by atoms with Crippen molar-refractivity contribution >= 4 is 5.97 Å². The minimum atomic E-state index is -0.760. The van der Waals surface area contributed by atoms with E-state index in [1.165, 1.54) is 0 Å². The molecule has 5 heteroatoms. The summed E-state index contributed by atoms with van der Waals surface area (Å²) in [6.45, 7) is 3.91. The predicted octanol–water partition coefficient (Wildman–Crippen LogP) is 2.09. The number of aliphatic carboxylic acids is 1. The molecule has 3 rings (SSSR count). The van der Waals surface area contributed by atoms with Gasteiger partial charge in [0, 0.05) is 5.92 Å². The van der Waals surface area contributed by atoms with Gasteiger partial charge in [-0.1, -0.05) is 37.3 Å². The number of carbonyl (C=O) groups is 1. The average molecular weight is 257 g/mol. The van der Waals surface area contributed by atoms with Crippen LogP contribution in [0.1, 0.15) is 25.5 Å². The van der Waals surface area contributed by atoms with Crippen molar-refractivity contribution in [1.82, 2.24) is 15.0 Å². The van der Waals surface area contributed by atoms with Gasteiger partial charge in [0.2, 0.25) is 0 Å². The maximum Gasteiger partial charge on any atom is 0.307 e. The Bertz CT molecular complexity index is 619. The molecule has 1 aromatic carbocycles. The average Bonchev–Trinajstić information content (AvgIpc) is 2.76. The van der Waals surface area contributed by atoms with E-state index in [4.69, 9.17) is 0 Å². The van der Waals surface area contributed by atoms with Crippen LogP contribution in [0.5, 0.6) is 0 Å². The van der Waals surface area contributed by atoms with Gasteiger partial charge in [-0.25, -0.2) is 4.68 Å². The summed E-state index contributed by atoms with van der Waals surface area (Å²) in [5, 5.41) is 17.4. The highest BCUT2D eigenvalue weighted by atomic mass is 16.4. The van der Waals surface area contributed by atoms with E-state index in [0.717, 1.165) is 11.4 Å². The minimum Gasteiger partial charge on any atom is -0.481 e. The van der Waals surface area contributed by atoms with Gasteiger partial charge < -0.3 is 5.11 Å². The summed E-state index contributed by atoms with van der Waals surface area (Å²) in [5.41, 5.74) is 1.43. The number of rotatable bonds is 3. The Morgan fingerprint density at radius 2 is 2.00 bits per heavy atom. The molecule has 5 nitrogen and oxygen atoms in total. The van der Waals surface area contributed by atoms with E-state index in [-0.39, 0.29) is 17.3 Å². The van der Waals surface area contributed by atoms with Crippen molar-refractivity contribution in [3.05, 3.63) is 42.2 Å². The van der Waals surface area contributed by atoms with Gasteiger partial charge in [-0.05, 0) is 17.5 Å². The van der Waals surface area contributed by atoms with E-state index in [0.29, 0.717) is 0 Å². The van der Waals surface area contributed by atoms with Gasteiger partial charge in [0.25, 0.3) is 0 Å². The Kier molecular flexibility index (Phi) is 2.45. The van der Waals surface area contributed by atoms with Crippen molar-refractivity contribution < 1.29 is 9.90 Å². The number of hydrogen-bond acceptors (Lipinski definition) is 3. The number of carboxylic acids is 1. The van der Waals surface area contributed by atoms with Gasteiger partial charge in [0.1, 0.15) is 0 Å². The predicted molar refractivity (Wildman–Crippen MR) is 69.0 cm³/mol. The van der Waals surface area contributed by atoms with Crippen LogP contribution in [0.25, 0.3) is 5.69 Å². The first-order valence-corrected chi connectivity index (χ1v) is 6.22. The van der Waals surface area contributed by atoms with Crippen LogP contribution in [0.3, 0.4) is 0 Å². The Balaban J connectivity index is 1.90. The van der Waals surface area contributed by atoms with Crippen molar-refractivity contribution in [2.24, 2.45) is 11.3 Å². The summed E-state index contributed by atoms with van der Waals surface area (Å²) in [6, 6.07) is 9.66. The molecule has 2 atom stereocenters. The van der Waals surface area contributed by atoms with E-state index in [2.05, 4.69) is 10.3 Å². The number of hydrogen-bond donors (Lipinski definition) is 1. The van der Waals surface area contributed by atoms with E-state index in [1.807, 2.05) is 50.4 Å². The van der Waals surface area contributed by atoms with Crippen molar-refractivity contribution in [2.45, 2.75) is 19.8 Å². The summed E-state index contributed by atoms with van der Waals surface area (Å²) in [6.07, 6.45) is 1.82. The van der Waals surface area contributed by atoms with Gasteiger partial charge in [-0.3, -0.25) is 4.79 Å². The number of carboxylic acid groups (broad SMARTS) is 1. The molecule has 1 fully saturated rings. The van der Waals surface area contributed by atoms with Gasteiger partial charge in [0.15, 0.2) is 0 Å². The van der Waals surface area contributed by atoms with Crippen molar-refractivity contribution in [1.29, 1.82) is 0 Å². The second-order valence-corrected chi connectivity index (χ2v) is 5.54. The molecule has 1 N–H and O–H groups in total. The Morgan fingerprint density at radius 3 is 2.58 bits per heavy atom. The highest BCUT2D eigenvalue weighted by Gasteiger charge is 2.64. The van der Waals surface area contributed by atoms with Crippen LogP contribution in [0.15, 0.2) is 36.5 Å². The maximum absolute atomic E-state index is 11.2. The van der Waals surface area contributed by atoms with Gasteiger partial charge in [-0.15, -0.1) is 5.10 Å². The van der Waals surface area contributed by atoms with Gasteiger partial charge in [-0.2, -0.15) is 0 Å². The van der Waals surface area contributed by atoms with Crippen LogP contribution in [0, 0.1) is 11.3 Å². The Morgan fingerprint density at radius 1 is 1.32 bits per heavy atom. The lowest BCUT2D eigenvalue weighted by Crippen LogP contribution is -2.03. The molecule has 19 heavy (non-hydrogen) atoms. The van der Waals surface area contributed by atoms with E-state index in [1.54, 1.807) is 4.68 Å². The molecule has 1 heterocycles. The highest BCUT2D eigenvalue weighted by molar-refractivity contribution is 5.77. The topological polar surface area (TPSA) is 68.0 Å². The molecule has 0 saturated heterocycles. The zero-order valence-electron chi connectivity index (χ0n) is 10.8. The molecule has 0 radical (unpaired) electrons. The molecular formula is C14H15N3O2. The van der Waals surface area contributed by atoms with Crippen molar-refractivity contribution in [3.8, 4) is 5.69 Å². The van der Waals surface area contributed by atoms with Crippen molar-refractivity contribution in [3.63, 3.8) is 0 Å². The van der Waals surface area contributed by atoms with Crippen LogP contribution in [-0.4, -0.2) is 26.1 Å². The van der Waals surface area contributed by atoms with Crippen LogP contribution >= 0.6 is 0 Å². The summed E-state index contributed by atoms with van der Waals surface area (Å²) in [4.78, 5) is 11.2. The fourth-order valence-corrected chi connectivity index (χ4v) is 2.78. The molecule has 1 aliphatic rings. The smallest absolute Gasteiger partial charge is 0.307 e. The van der Waals surface area contributed by atoms with E-state index >= 15 is 0 Å². The highest BCUT2D eigenvalue weighted by Crippen LogP contribution is 2.63. The van der Waals surface area contributed by atoms with Crippen LogP contribution in [-0.2, 0) is 4.79 Å². The Hall–Kier alpha value is -2.17. The third kappa shape index (κ3) is 1.82. The number of aromatic nitrogens is 3. The number of nitrogens with zero attached hydrogens (tertiary/aromatic N) is 3. The number of benzene rings is 1. The molecule has 0 bridgehead atoms. The lowest BCUT2D eigenvalue weighted by molar-refractivity contribution is -0.139. The molecule has 0 aliphatic heterocycles. The van der Waals surface area contributed by atoms with Crippen LogP contribution in [0.2, 0.25) is 0 Å². The normalized spacial score (nSPS) is 24.1. The van der Waals surface area contributed by atoms with E-state index < -0.39 is 5.97 Å². The monoisotopic (exact) mass is 257 g/mol. The standard InChI is InChI=1S/C14H15N3O2/c1-14(2)11(12(14)13(18)19)10-8-17(16-15-10)9-6-4-3-5-7-9/h3-8,11-12H,1-2H3,(H,18,19)/t11-,12+/m1/s1. The maximum atomic E-state index is 11.2. The second kappa shape index (κ2) is 3.91. The van der Waals surface area contributed by atoms with E-state index in [9.17, 15) is 9.90 Å². The lowest BCUT2D eigenvalue weighted by atomic mass is 10.1.